The molecule has 1 atom stereocenters. The maximum absolute atomic E-state index is 13.8. The van der Waals surface area contributed by atoms with Crippen molar-refractivity contribution >= 4 is 17.7 Å². The molecule has 186 valence electrons. The van der Waals surface area contributed by atoms with E-state index in [0.717, 1.165) is 49.7 Å². The molecule has 2 aliphatic carbocycles. The Morgan fingerprint density at radius 3 is 2.54 bits per heavy atom. The van der Waals surface area contributed by atoms with Crippen LogP contribution in [0.1, 0.15) is 90.4 Å². The molecule has 1 unspecified atom stereocenters. The molecule has 1 aromatic carbocycles. The van der Waals surface area contributed by atoms with E-state index in [1.165, 1.54) is 19.2 Å². The minimum absolute atomic E-state index is 0.0126. The van der Waals surface area contributed by atoms with Crippen LogP contribution in [0.5, 0.6) is 0 Å². The number of aryl methyl sites for hydroxylation is 1. The van der Waals surface area contributed by atoms with Crippen molar-refractivity contribution in [3.05, 3.63) is 53.1 Å². The van der Waals surface area contributed by atoms with Gasteiger partial charge in [0, 0.05) is 18.6 Å². The summed E-state index contributed by atoms with van der Waals surface area (Å²) in [4.78, 5) is 46.5. The van der Waals surface area contributed by atoms with E-state index in [0.29, 0.717) is 12.2 Å². The number of hydrogen-bond acceptors (Lipinski definition) is 4. The van der Waals surface area contributed by atoms with Crippen LogP contribution in [0, 0.1) is 6.92 Å². The van der Waals surface area contributed by atoms with Gasteiger partial charge in [0.15, 0.2) is 5.69 Å². The van der Waals surface area contributed by atoms with Gasteiger partial charge < -0.3 is 20.1 Å². The fourth-order valence-electron chi connectivity index (χ4n) is 5.59. The summed E-state index contributed by atoms with van der Waals surface area (Å²) in [5.41, 5.74) is 1.57. The summed E-state index contributed by atoms with van der Waals surface area (Å²) >= 11 is 0. The highest BCUT2D eigenvalue weighted by molar-refractivity contribution is 6.07. The molecular weight excluding hydrogens is 442 g/mol. The average Bonchev–Trinajstić information content (AvgIpc) is 3.61. The number of hydrogen-bond donors (Lipinski definition) is 2. The first-order chi connectivity index (χ1) is 16.9. The third-order valence-electron chi connectivity index (χ3n) is 7.61. The minimum atomic E-state index is -1.05. The molecule has 0 saturated heterocycles. The summed E-state index contributed by atoms with van der Waals surface area (Å²) in [7, 11) is 0. The van der Waals surface area contributed by atoms with Gasteiger partial charge in [-0.2, -0.15) is 0 Å². The largest absolute Gasteiger partial charge is 0.350 e. The second kappa shape index (κ2) is 9.47. The Kier molecular flexibility index (Phi) is 6.38. The van der Waals surface area contributed by atoms with E-state index < -0.39 is 5.54 Å². The lowest BCUT2D eigenvalue weighted by Crippen LogP contribution is -2.64. The van der Waals surface area contributed by atoms with Crippen LogP contribution in [-0.4, -0.2) is 49.8 Å². The zero-order chi connectivity index (χ0) is 24.6. The molecule has 2 fully saturated rings. The predicted molar refractivity (Wildman–Crippen MR) is 132 cm³/mol. The van der Waals surface area contributed by atoms with E-state index in [9.17, 15) is 14.4 Å². The molecule has 2 heterocycles. The second-order valence-corrected chi connectivity index (χ2v) is 10.6. The number of amides is 3. The van der Waals surface area contributed by atoms with E-state index in [2.05, 4.69) is 15.6 Å². The van der Waals surface area contributed by atoms with Crippen LogP contribution in [0.25, 0.3) is 0 Å². The summed E-state index contributed by atoms with van der Waals surface area (Å²) in [5.74, 6) is -0.763. The molecule has 1 aliphatic heterocycles. The van der Waals surface area contributed by atoms with Crippen molar-refractivity contribution in [2.45, 2.75) is 95.9 Å². The maximum Gasteiger partial charge on any atom is 0.274 e. The lowest BCUT2D eigenvalue weighted by Gasteiger charge is -2.44. The summed E-state index contributed by atoms with van der Waals surface area (Å²) in [6.45, 7) is 4.51. The Morgan fingerprint density at radius 2 is 1.86 bits per heavy atom. The van der Waals surface area contributed by atoms with Gasteiger partial charge in [-0.1, -0.05) is 55.5 Å². The van der Waals surface area contributed by atoms with Gasteiger partial charge in [-0.05, 0) is 45.1 Å². The van der Waals surface area contributed by atoms with Gasteiger partial charge in [-0.3, -0.25) is 14.4 Å². The Balaban J connectivity index is 1.36. The zero-order valence-corrected chi connectivity index (χ0v) is 20.7. The van der Waals surface area contributed by atoms with Gasteiger partial charge in [-0.15, -0.1) is 0 Å². The Labute approximate surface area is 206 Å². The topological polar surface area (TPSA) is 96.3 Å². The first-order valence-corrected chi connectivity index (χ1v) is 12.9. The Morgan fingerprint density at radius 1 is 1.11 bits per heavy atom. The number of carbonyl (C=O) groups is 3. The molecule has 2 N–H and O–H groups in total. The molecule has 5 rings (SSSR count). The highest BCUT2D eigenvalue weighted by Crippen LogP contribution is 2.39. The quantitative estimate of drug-likeness (QED) is 0.624. The number of carbonyl (C=O) groups excluding carboxylic acids is 3. The monoisotopic (exact) mass is 477 g/mol. The molecule has 35 heavy (non-hydrogen) atoms. The van der Waals surface area contributed by atoms with Gasteiger partial charge in [0.25, 0.3) is 11.8 Å². The molecule has 3 aliphatic rings. The molecule has 0 spiro atoms. The lowest BCUT2D eigenvalue weighted by molar-refractivity contribution is -0.133. The van der Waals surface area contributed by atoms with Crippen LogP contribution in [0.3, 0.4) is 0 Å². The number of nitrogens with zero attached hydrogens (tertiary/aromatic N) is 3. The molecule has 2 saturated carbocycles. The van der Waals surface area contributed by atoms with E-state index in [1.807, 2.05) is 38.1 Å². The third-order valence-corrected chi connectivity index (χ3v) is 7.61. The predicted octanol–water partition coefficient (Wildman–Crippen LogP) is 3.34. The maximum atomic E-state index is 13.8. The molecule has 0 bridgehead atoms. The van der Waals surface area contributed by atoms with Gasteiger partial charge >= 0.3 is 0 Å². The Bertz CT molecular complexity index is 1130. The van der Waals surface area contributed by atoms with E-state index in [1.54, 1.807) is 9.47 Å². The summed E-state index contributed by atoms with van der Waals surface area (Å²) in [6, 6.07) is 8.15. The SMILES string of the molecule is Cc1cccc(CNC(=O)C2(C)Cn3cnc(C(=O)NC4CCCCCC4)c3C(=O)N2C2CC2)c1. The third kappa shape index (κ3) is 4.70. The summed E-state index contributed by atoms with van der Waals surface area (Å²) in [6.07, 6.45) is 9.80. The van der Waals surface area contributed by atoms with Gasteiger partial charge in [0.2, 0.25) is 5.91 Å². The van der Waals surface area contributed by atoms with Crippen LogP contribution in [0.15, 0.2) is 30.6 Å². The highest BCUT2D eigenvalue weighted by Gasteiger charge is 2.53. The first-order valence-electron chi connectivity index (χ1n) is 12.9. The summed E-state index contributed by atoms with van der Waals surface area (Å²) < 4.78 is 1.69. The zero-order valence-electron chi connectivity index (χ0n) is 20.7. The normalized spacial score (nSPS) is 22.9. The number of nitrogens with one attached hydrogen (secondary N) is 2. The molecule has 3 amide bonds. The van der Waals surface area contributed by atoms with Crippen LogP contribution in [-0.2, 0) is 17.9 Å². The van der Waals surface area contributed by atoms with Crippen molar-refractivity contribution in [1.82, 2.24) is 25.1 Å². The number of aromatic nitrogens is 2. The Hall–Kier alpha value is -3.16. The molecule has 8 heteroatoms. The van der Waals surface area contributed by atoms with Crippen LogP contribution in [0.2, 0.25) is 0 Å². The first kappa shape index (κ1) is 23.6. The van der Waals surface area contributed by atoms with Crippen molar-refractivity contribution in [3.63, 3.8) is 0 Å². The van der Waals surface area contributed by atoms with Gasteiger partial charge in [0.1, 0.15) is 11.2 Å². The number of imidazole rings is 1. The van der Waals surface area contributed by atoms with E-state index in [4.69, 9.17) is 0 Å². The number of rotatable bonds is 6. The van der Waals surface area contributed by atoms with Crippen molar-refractivity contribution in [1.29, 1.82) is 0 Å². The molecule has 1 aromatic heterocycles. The van der Waals surface area contributed by atoms with Gasteiger partial charge in [-0.25, -0.2) is 4.98 Å². The molecular formula is C27H35N5O3. The van der Waals surface area contributed by atoms with E-state index in [-0.39, 0.29) is 42.0 Å². The highest BCUT2D eigenvalue weighted by atomic mass is 16.2. The number of benzene rings is 1. The average molecular weight is 478 g/mol. The van der Waals surface area contributed by atoms with Crippen molar-refractivity contribution in [2.75, 3.05) is 0 Å². The second-order valence-electron chi connectivity index (χ2n) is 10.6. The van der Waals surface area contributed by atoms with Crippen LogP contribution >= 0.6 is 0 Å². The summed E-state index contributed by atoms with van der Waals surface area (Å²) in [5, 5.41) is 6.16. The van der Waals surface area contributed by atoms with E-state index >= 15 is 0 Å². The lowest BCUT2D eigenvalue weighted by atomic mass is 9.93. The fraction of sp³-hybridized carbons (Fsp3) is 0.556. The van der Waals surface area contributed by atoms with Gasteiger partial charge in [0.05, 0.1) is 12.9 Å². The smallest absolute Gasteiger partial charge is 0.274 e. The fourth-order valence-corrected chi connectivity index (χ4v) is 5.59. The number of fused-ring (bicyclic) bond motifs is 1. The molecule has 2 aromatic rings. The molecule has 8 nitrogen and oxygen atoms in total. The standard InChI is InChI=1S/C27H35N5O3/c1-18-8-7-9-19(14-18)15-28-26(35)27(2)16-31-17-29-22(23(31)25(34)32(27)21-12-13-21)24(33)30-20-10-5-3-4-6-11-20/h7-9,14,17,20-21H,3-6,10-13,15-16H2,1-2H3,(H,28,35)(H,30,33). The molecule has 0 radical (unpaired) electrons. The van der Waals surface area contributed by atoms with Crippen molar-refractivity contribution in [3.8, 4) is 0 Å². The van der Waals surface area contributed by atoms with Crippen molar-refractivity contribution in [2.24, 2.45) is 0 Å². The van der Waals surface area contributed by atoms with Crippen molar-refractivity contribution < 1.29 is 14.4 Å². The van der Waals surface area contributed by atoms with Crippen LogP contribution in [0.4, 0.5) is 0 Å². The van der Waals surface area contributed by atoms with Crippen LogP contribution < -0.4 is 10.6 Å². The minimum Gasteiger partial charge on any atom is -0.350 e.